The topological polar surface area (TPSA) is 32.3 Å². The molecule has 4 heteroatoms. The molecule has 0 aliphatic carbocycles. The van der Waals surface area contributed by atoms with Crippen LogP contribution in [0, 0.1) is 0 Å². The highest BCUT2D eigenvalue weighted by Gasteiger charge is 2.37. The van der Waals surface area contributed by atoms with E-state index < -0.39 is 0 Å². The van der Waals surface area contributed by atoms with Gasteiger partial charge in [-0.25, -0.2) is 0 Å². The van der Waals surface area contributed by atoms with Gasteiger partial charge in [-0.3, -0.25) is 4.79 Å². The van der Waals surface area contributed by atoms with Gasteiger partial charge in [0.15, 0.2) is 0 Å². The lowest BCUT2D eigenvalue weighted by Crippen LogP contribution is -2.43. The summed E-state index contributed by atoms with van der Waals surface area (Å²) in [6.45, 7) is 2.04. The van der Waals surface area contributed by atoms with Gasteiger partial charge in [0.25, 0.3) is 0 Å². The van der Waals surface area contributed by atoms with Crippen molar-refractivity contribution in [3.05, 3.63) is 22.4 Å². The molecule has 2 unspecified atom stereocenters. The number of carbonyl (C=O) groups is 1. The Morgan fingerprint density at radius 1 is 1.41 bits per heavy atom. The molecule has 2 fully saturated rings. The lowest BCUT2D eigenvalue weighted by molar-refractivity contribution is -0.133. The normalized spacial score (nSPS) is 28.1. The highest BCUT2D eigenvalue weighted by atomic mass is 32.1. The highest BCUT2D eigenvalue weighted by molar-refractivity contribution is 7.07. The molecule has 3 nitrogen and oxygen atoms in total. The summed E-state index contributed by atoms with van der Waals surface area (Å²) in [7, 11) is 0. The predicted molar refractivity (Wildman–Crippen MR) is 69.2 cm³/mol. The molecule has 0 radical (unpaired) electrons. The molecule has 92 valence electrons. The summed E-state index contributed by atoms with van der Waals surface area (Å²) in [5.41, 5.74) is 1.16. The molecule has 2 bridgehead atoms. The van der Waals surface area contributed by atoms with E-state index in [1.165, 1.54) is 12.8 Å². The fraction of sp³-hybridized carbons (Fsp3) is 0.615. The van der Waals surface area contributed by atoms with Crippen molar-refractivity contribution in [1.29, 1.82) is 0 Å². The van der Waals surface area contributed by atoms with Crippen molar-refractivity contribution >= 4 is 17.2 Å². The van der Waals surface area contributed by atoms with E-state index in [2.05, 4.69) is 21.7 Å². The highest BCUT2D eigenvalue weighted by Crippen LogP contribution is 2.28. The number of thiophene rings is 1. The van der Waals surface area contributed by atoms with Gasteiger partial charge in [-0.2, -0.15) is 11.3 Å². The molecule has 3 rings (SSSR count). The number of fused-ring (bicyclic) bond motifs is 2. The molecule has 2 atom stereocenters. The number of nitrogens with zero attached hydrogens (tertiary/aromatic N) is 1. The van der Waals surface area contributed by atoms with Crippen LogP contribution in [0.25, 0.3) is 0 Å². The largest absolute Gasteiger partial charge is 0.335 e. The van der Waals surface area contributed by atoms with Crippen molar-refractivity contribution in [3.63, 3.8) is 0 Å². The van der Waals surface area contributed by atoms with Gasteiger partial charge < -0.3 is 10.2 Å². The van der Waals surface area contributed by atoms with Crippen molar-refractivity contribution in [3.8, 4) is 0 Å². The minimum atomic E-state index is 0.319. The summed E-state index contributed by atoms with van der Waals surface area (Å²) in [4.78, 5) is 14.5. The Bertz CT molecular complexity index is 376. The third kappa shape index (κ3) is 2.24. The van der Waals surface area contributed by atoms with Crippen LogP contribution in [0.5, 0.6) is 0 Å². The van der Waals surface area contributed by atoms with Gasteiger partial charge in [0, 0.05) is 18.6 Å². The summed E-state index contributed by atoms with van der Waals surface area (Å²) in [6, 6.07) is 2.98. The summed E-state index contributed by atoms with van der Waals surface area (Å²) < 4.78 is 0. The van der Waals surface area contributed by atoms with Crippen molar-refractivity contribution in [2.45, 2.75) is 37.8 Å². The fourth-order valence-electron chi connectivity index (χ4n) is 3.05. The predicted octanol–water partition coefficient (Wildman–Crippen LogP) is 1.64. The second-order valence-corrected chi connectivity index (χ2v) is 5.77. The first-order chi connectivity index (χ1) is 8.34. The first-order valence-corrected chi connectivity index (χ1v) is 7.32. The second kappa shape index (κ2) is 4.78. The van der Waals surface area contributed by atoms with Crippen LogP contribution in [0.2, 0.25) is 0 Å². The van der Waals surface area contributed by atoms with Crippen molar-refractivity contribution < 1.29 is 4.79 Å². The van der Waals surface area contributed by atoms with Crippen molar-refractivity contribution in [2.24, 2.45) is 0 Å². The Labute approximate surface area is 106 Å². The number of hydrogen-bond donors (Lipinski definition) is 1. The molecule has 2 aliphatic heterocycles. The van der Waals surface area contributed by atoms with Gasteiger partial charge >= 0.3 is 0 Å². The number of amides is 1. The summed E-state index contributed by atoms with van der Waals surface area (Å²) in [6.07, 6.45) is 4.07. The first kappa shape index (κ1) is 11.2. The number of carbonyl (C=O) groups excluding carboxylic acids is 1. The smallest absolute Gasteiger partial charge is 0.227 e. The minimum absolute atomic E-state index is 0.319. The van der Waals surface area contributed by atoms with Gasteiger partial charge in [-0.1, -0.05) is 0 Å². The van der Waals surface area contributed by atoms with Crippen LogP contribution < -0.4 is 5.32 Å². The van der Waals surface area contributed by atoms with E-state index in [-0.39, 0.29) is 0 Å². The lowest BCUT2D eigenvalue weighted by atomic mass is 10.1. The summed E-state index contributed by atoms with van der Waals surface area (Å²) in [5.74, 6) is 0.319. The van der Waals surface area contributed by atoms with Crippen LogP contribution in [-0.2, 0) is 11.2 Å². The third-order valence-corrected chi connectivity index (χ3v) is 4.61. The Morgan fingerprint density at radius 3 is 3.12 bits per heavy atom. The lowest BCUT2D eigenvalue weighted by Gasteiger charge is -2.27. The molecular formula is C13H18N2OS. The molecule has 0 aromatic carbocycles. The maximum Gasteiger partial charge on any atom is 0.227 e. The van der Waals surface area contributed by atoms with Gasteiger partial charge in [0.05, 0.1) is 6.42 Å². The van der Waals surface area contributed by atoms with Gasteiger partial charge in [0.1, 0.15) is 0 Å². The van der Waals surface area contributed by atoms with E-state index in [1.807, 2.05) is 5.38 Å². The molecule has 1 amide bonds. The Kier molecular flexibility index (Phi) is 3.16. The quantitative estimate of drug-likeness (QED) is 0.865. The molecule has 1 aromatic heterocycles. The number of hydrogen-bond acceptors (Lipinski definition) is 3. The van der Waals surface area contributed by atoms with E-state index in [0.717, 1.165) is 25.1 Å². The molecule has 2 saturated heterocycles. The molecule has 3 heterocycles. The fourth-order valence-corrected chi connectivity index (χ4v) is 3.72. The number of rotatable bonds is 2. The zero-order valence-electron chi connectivity index (χ0n) is 9.89. The third-order valence-electron chi connectivity index (χ3n) is 3.88. The maximum atomic E-state index is 12.4. The molecule has 17 heavy (non-hydrogen) atoms. The molecule has 0 saturated carbocycles. The molecule has 1 aromatic rings. The van der Waals surface area contributed by atoms with Crippen molar-refractivity contribution in [2.75, 3.05) is 13.1 Å². The Hall–Kier alpha value is -0.870. The minimum Gasteiger partial charge on any atom is -0.335 e. The zero-order chi connectivity index (χ0) is 11.7. The van der Waals surface area contributed by atoms with Crippen LogP contribution in [0.4, 0.5) is 0 Å². The van der Waals surface area contributed by atoms with E-state index in [4.69, 9.17) is 0 Å². The Balaban J connectivity index is 1.72. The van der Waals surface area contributed by atoms with Crippen LogP contribution >= 0.6 is 11.3 Å². The van der Waals surface area contributed by atoms with Gasteiger partial charge in [-0.05, 0) is 48.2 Å². The van der Waals surface area contributed by atoms with Crippen LogP contribution in [0.3, 0.4) is 0 Å². The van der Waals surface area contributed by atoms with E-state index in [0.29, 0.717) is 24.4 Å². The van der Waals surface area contributed by atoms with Gasteiger partial charge in [-0.15, -0.1) is 0 Å². The standard InChI is InChI=1S/C13H18N2OS/c16-13(7-10-4-6-17-9-10)15-11-1-2-12(15)8-14-5-3-11/h4,6,9,11-12,14H,1-3,5,7-8H2. The van der Waals surface area contributed by atoms with E-state index >= 15 is 0 Å². The van der Waals surface area contributed by atoms with E-state index in [9.17, 15) is 4.79 Å². The SMILES string of the molecule is O=C(Cc1ccsc1)N1C2CCNCC1CC2. The van der Waals surface area contributed by atoms with Crippen LogP contribution in [-0.4, -0.2) is 36.0 Å². The molecule has 2 aliphatic rings. The van der Waals surface area contributed by atoms with Crippen LogP contribution in [0.1, 0.15) is 24.8 Å². The number of nitrogens with one attached hydrogen (secondary N) is 1. The molecule has 1 N–H and O–H groups in total. The summed E-state index contributed by atoms with van der Waals surface area (Å²) >= 11 is 1.67. The first-order valence-electron chi connectivity index (χ1n) is 6.37. The Morgan fingerprint density at radius 2 is 2.29 bits per heavy atom. The van der Waals surface area contributed by atoms with Crippen molar-refractivity contribution in [1.82, 2.24) is 10.2 Å². The zero-order valence-corrected chi connectivity index (χ0v) is 10.7. The summed E-state index contributed by atoms with van der Waals surface area (Å²) in [5, 5.41) is 7.55. The average Bonchev–Trinajstić information content (AvgIpc) is 2.85. The van der Waals surface area contributed by atoms with Gasteiger partial charge in [0.2, 0.25) is 5.91 Å². The van der Waals surface area contributed by atoms with E-state index in [1.54, 1.807) is 11.3 Å². The second-order valence-electron chi connectivity index (χ2n) is 4.99. The van der Waals surface area contributed by atoms with Crippen LogP contribution in [0.15, 0.2) is 16.8 Å². The molecule has 0 spiro atoms. The molecular weight excluding hydrogens is 232 g/mol. The maximum absolute atomic E-state index is 12.4. The monoisotopic (exact) mass is 250 g/mol. The average molecular weight is 250 g/mol.